The highest BCUT2D eigenvalue weighted by Gasteiger charge is 2.28. The first-order valence-electron chi connectivity index (χ1n) is 7.55. The highest BCUT2D eigenvalue weighted by Crippen LogP contribution is 2.31. The Hall–Kier alpha value is -1.92. The zero-order valence-corrected chi connectivity index (χ0v) is 14.1. The van der Waals surface area contributed by atoms with Gasteiger partial charge in [-0.3, -0.25) is 4.79 Å². The molecule has 6 heteroatoms. The number of pyridine rings is 1. The highest BCUT2D eigenvalue weighted by atomic mass is 79.9. The maximum Gasteiger partial charge on any atom is 0.252 e. The molecule has 1 aliphatic carbocycles. The third kappa shape index (κ3) is 4.53. The molecule has 0 bridgehead atoms. The van der Waals surface area contributed by atoms with Gasteiger partial charge in [0.1, 0.15) is 5.75 Å². The number of carbonyl (C=O) groups is 1. The number of hydrogen-bond acceptors (Lipinski definition) is 4. The molecular formula is C17H18BrN3O2. The number of carbonyl (C=O) groups excluding carboxylic acids is 1. The predicted molar refractivity (Wildman–Crippen MR) is 91.5 cm³/mol. The quantitative estimate of drug-likeness (QED) is 0.812. The highest BCUT2D eigenvalue weighted by molar-refractivity contribution is 9.10. The lowest BCUT2D eigenvalue weighted by Gasteiger charge is -2.11. The summed E-state index contributed by atoms with van der Waals surface area (Å²) in [7, 11) is 0. The summed E-state index contributed by atoms with van der Waals surface area (Å²) in [6.07, 6.45) is 3.84. The van der Waals surface area contributed by atoms with Gasteiger partial charge in [0.05, 0.1) is 5.56 Å². The van der Waals surface area contributed by atoms with Crippen LogP contribution in [0.5, 0.6) is 11.6 Å². The molecule has 1 aromatic heterocycles. The third-order valence-electron chi connectivity index (χ3n) is 3.76. The Morgan fingerprint density at radius 3 is 2.65 bits per heavy atom. The van der Waals surface area contributed by atoms with Gasteiger partial charge >= 0.3 is 0 Å². The molecule has 1 atom stereocenters. The summed E-state index contributed by atoms with van der Waals surface area (Å²) in [6.45, 7) is 0.501. The largest absolute Gasteiger partial charge is 0.439 e. The van der Waals surface area contributed by atoms with Gasteiger partial charge in [-0.2, -0.15) is 0 Å². The molecule has 3 N–H and O–H groups in total. The van der Waals surface area contributed by atoms with Crippen molar-refractivity contribution in [2.24, 2.45) is 11.7 Å². The summed E-state index contributed by atoms with van der Waals surface area (Å²) >= 11 is 3.37. The number of hydrogen-bond donors (Lipinski definition) is 2. The molecule has 0 radical (unpaired) electrons. The fourth-order valence-electron chi connectivity index (χ4n) is 2.20. The van der Waals surface area contributed by atoms with E-state index in [0.29, 0.717) is 29.7 Å². The van der Waals surface area contributed by atoms with E-state index in [1.165, 1.54) is 19.0 Å². The summed E-state index contributed by atoms with van der Waals surface area (Å²) in [5.74, 6) is 1.53. The van der Waals surface area contributed by atoms with Crippen LogP contribution >= 0.6 is 15.9 Å². The molecule has 1 aliphatic rings. The van der Waals surface area contributed by atoms with Gasteiger partial charge in [0.15, 0.2) is 0 Å². The van der Waals surface area contributed by atoms with Crippen LogP contribution in [-0.2, 0) is 0 Å². The summed E-state index contributed by atoms with van der Waals surface area (Å²) in [4.78, 5) is 16.2. The first-order chi connectivity index (χ1) is 11.1. The molecule has 5 nitrogen and oxygen atoms in total. The molecule has 1 heterocycles. The molecule has 0 spiro atoms. The van der Waals surface area contributed by atoms with Crippen molar-refractivity contribution in [3.63, 3.8) is 0 Å². The number of aromatic nitrogens is 1. The van der Waals surface area contributed by atoms with E-state index in [1.807, 2.05) is 24.3 Å². The monoisotopic (exact) mass is 375 g/mol. The predicted octanol–water partition coefficient (Wildman–Crippen LogP) is 3.10. The van der Waals surface area contributed by atoms with E-state index < -0.39 is 0 Å². The molecule has 1 unspecified atom stereocenters. The smallest absolute Gasteiger partial charge is 0.252 e. The number of nitrogens with one attached hydrogen (secondary N) is 1. The standard InChI is InChI=1S/C17H18BrN3O2/c18-13-4-6-14(7-5-13)23-16-8-3-12(9-20-16)17(22)21-10-15(19)11-1-2-11/h3-9,11,15H,1-2,10,19H2,(H,21,22). The van der Waals surface area contributed by atoms with Crippen molar-refractivity contribution < 1.29 is 9.53 Å². The zero-order valence-electron chi connectivity index (χ0n) is 12.5. The number of rotatable bonds is 6. The average Bonchev–Trinajstić information content (AvgIpc) is 3.40. The van der Waals surface area contributed by atoms with Gasteiger partial charge in [0.2, 0.25) is 5.88 Å². The Kier molecular flexibility index (Phi) is 4.93. The van der Waals surface area contributed by atoms with Crippen LogP contribution in [0, 0.1) is 5.92 Å². The SMILES string of the molecule is NC(CNC(=O)c1ccc(Oc2ccc(Br)cc2)nc1)C1CC1. The van der Waals surface area contributed by atoms with Gasteiger partial charge in [-0.25, -0.2) is 4.98 Å². The van der Waals surface area contributed by atoms with E-state index in [9.17, 15) is 4.79 Å². The molecule has 120 valence electrons. The van der Waals surface area contributed by atoms with Crippen LogP contribution in [0.25, 0.3) is 0 Å². The summed E-state index contributed by atoms with van der Waals surface area (Å²) < 4.78 is 6.60. The van der Waals surface area contributed by atoms with Crippen LogP contribution in [-0.4, -0.2) is 23.5 Å². The second-order valence-corrected chi connectivity index (χ2v) is 6.57. The molecule has 0 saturated heterocycles. The molecular weight excluding hydrogens is 358 g/mol. The number of halogens is 1. The third-order valence-corrected chi connectivity index (χ3v) is 4.29. The van der Waals surface area contributed by atoms with Gasteiger partial charge in [0, 0.05) is 29.3 Å². The lowest BCUT2D eigenvalue weighted by molar-refractivity contribution is 0.0950. The lowest BCUT2D eigenvalue weighted by atomic mass is 10.2. The Bertz CT molecular complexity index is 669. The summed E-state index contributed by atoms with van der Waals surface area (Å²) in [6, 6.07) is 10.9. The van der Waals surface area contributed by atoms with Crippen molar-refractivity contribution in [2.75, 3.05) is 6.54 Å². The van der Waals surface area contributed by atoms with Gasteiger partial charge < -0.3 is 15.8 Å². The van der Waals surface area contributed by atoms with E-state index in [4.69, 9.17) is 10.5 Å². The van der Waals surface area contributed by atoms with E-state index in [0.717, 1.165) is 4.47 Å². The van der Waals surface area contributed by atoms with Crippen molar-refractivity contribution in [1.82, 2.24) is 10.3 Å². The van der Waals surface area contributed by atoms with Crippen LogP contribution in [0.15, 0.2) is 47.1 Å². The van der Waals surface area contributed by atoms with Gasteiger partial charge in [-0.15, -0.1) is 0 Å². The minimum absolute atomic E-state index is 0.0481. The van der Waals surface area contributed by atoms with Crippen LogP contribution in [0.1, 0.15) is 23.2 Å². The van der Waals surface area contributed by atoms with Gasteiger partial charge in [-0.05, 0) is 49.1 Å². The zero-order chi connectivity index (χ0) is 16.2. The van der Waals surface area contributed by atoms with Crippen LogP contribution in [0.3, 0.4) is 0 Å². The van der Waals surface area contributed by atoms with E-state index in [2.05, 4.69) is 26.2 Å². The number of ether oxygens (including phenoxy) is 1. The molecule has 2 aromatic rings. The molecule has 1 fully saturated rings. The lowest BCUT2D eigenvalue weighted by Crippen LogP contribution is -2.38. The molecule has 23 heavy (non-hydrogen) atoms. The van der Waals surface area contributed by atoms with E-state index in [-0.39, 0.29) is 11.9 Å². The normalized spacial score (nSPS) is 15.0. The minimum atomic E-state index is -0.163. The maximum atomic E-state index is 12.0. The van der Waals surface area contributed by atoms with Crippen molar-refractivity contribution in [3.8, 4) is 11.6 Å². The summed E-state index contributed by atoms with van der Waals surface area (Å²) in [5, 5.41) is 2.85. The first-order valence-corrected chi connectivity index (χ1v) is 8.34. The number of nitrogens with two attached hydrogens (primary N) is 1. The van der Waals surface area contributed by atoms with Gasteiger partial charge in [0.25, 0.3) is 5.91 Å². The molecule has 1 aromatic carbocycles. The van der Waals surface area contributed by atoms with E-state index in [1.54, 1.807) is 12.1 Å². The number of amides is 1. The summed E-state index contributed by atoms with van der Waals surface area (Å²) in [5.41, 5.74) is 6.47. The first kappa shape index (κ1) is 16.0. The van der Waals surface area contributed by atoms with Crippen molar-refractivity contribution in [1.29, 1.82) is 0 Å². The topological polar surface area (TPSA) is 77.2 Å². The van der Waals surface area contributed by atoms with Gasteiger partial charge in [-0.1, -0.05) is 15.9 Å². The maximum absolute atomic E-state index is 12.0. The van der Waals surface area contributed by atoms with Crippen LogP contribution in [0.4, 0.5) is 0 Å². The molecule has 1 amide bonds. The molecule has 0 aliphatic heterocycles. The number of nitrogens with zero attached hydrogens (tertiary/aromatic N) is 1. The molecule has 1 saturated carbocycles. The van der Waals surface area contributed by atoms with Crippen LogP contribution in [0.2, 0.25) is 0 Å². The van der Waals surface area contributed by atoms with Crippen LogP contribution < -0.4 is 15.8 Å². The Labute approximate surface area is 143 Å². The van der Waals surface area contributed by atoms with Crippen molar-refractivity contribution >= 4 is 21.8 Å². The second kappa shape index (κ2) is 7.10. The van der Waals surface area contributed by atoms with Crippen molar-refractivity contribution in [2.45, 2.75) is 18.9 Å². The Balaban J connectivity index is 1.55. The Morgan fingerprint density at radius 2 is 2.04 bits per heavy atom. The fourth-order valence-corrected chi connectivity index (χ4v) is 2.47. The minimum Gasteiger partial charge on any atom is -0.439 e. The number of benzene rings is 1. The Morgan fingerprint density at radius 1 is 1.30 bits per heavy atom. The molecule has 3 rings (SSSR count). The fraction of sp³-hybridized carbons (Fsp3) is 0.294. The second-order valence-electron chi connectivity index (χ2n) is 5.65. The van der Waals surface area contributed by atoms with E-state index >= 15 is 0 Å². The average molecular weight is 376 g/mol. The van der Waals surface area contributed by atoms with Crippen molar-refractivity contribution in [3.05, 3.63) is 52.6 Å².